The normalized spacial score (nSPS) is 25.5. The Morgan fingerprint density at radius 3 is 2.48 bits per heavy atom. The maximum atomic E-state index is 4.38. The molecule has 21 heavy (non-hydrogen) atoms. The Bertz CT molecular complexity index is 358. The number of hydrogen-bond acceptors (Lipinski definition) is 1. The van der Waals surface area contributed by atoms with Crippen LogP contribution in [0.25, 0.3) is 0 Å². The molecule has 0 aliphatic heterocycles. The molecule has 1 aliphatic rings. The Morgan fingerprint density at radius 2 is 1.76 bits per heavy atom. The summed E-state index contributed by atoms with van der Waals surface area (Å²) in [5.74, 6) is 2.82. The first-order chi connectivity index (χ1) is 10.3. The van der Waals surface area contributed by atoms with Gasteiger partial charge in [-0.1, -0.05) is 65.2 Å². The molecule has 3 atom stereocenters. The second-order valence-electron chi connectivity index (χ2n) is 7.05. The van der Waals surface area contributed by atoms with Crippen molar-refractivity contribution < 1.29 is 0 Å². The Morgan fingerprint density at radius 1 is 1.00 bits per heavy atom. The molecule has 0 N–H and O–H groups in total. The molecular weight excluding hydrogens is 256 g/mol. The molecule has 1 saturated carbocycles. The van der Waals surface area contributed by atoms with E-state index in [4.69, 9.17) is 0 Å². The smallest absolute Gasteiger partial charge is 0.0489 e. The van der Waals surface area contributed by atoms with Crippen molar-refractivity contribution in [2.45, 2.75) is 84.6 Å². The van der Waals surface area contributed by atoms with Crippen molar-refractivity contribution in [3.8, 4) is 0 Å². The van der Waals surface area contributed by atoms with Gasteiger partial charge < -0.3 is 0 Å². The monoisotopic (exact) mass is 290 g/mol. The summed E-state index contributed by atoms with van der Waals surface area (Å²) in [6, 6.07) is 2.04. The van der Waals surface area contributed by atoms with E-state index >= 15 is 0 Å². The van der Waals surface area contributed by atoms with Crippen molar-refractivity contribution >= 4 is 0 Å². The van der Waals surface area contributed by atoms with E-state index in [1.54, 1.807) is 0 Å². The first-order valence-electron chi connectivity index (χ1n) is 9.30. The standard InChI is InChI=1S/C19H34N2/c1-3-5-6-7-8-9-11-19-15-17(14-18(19)4-2)16-21-13-10-12-20-21/h10,12-13,17-19H,3-9,11,14-16H2,1-2H3. The Kier molecular flexibility index (Phi) is 7.32. The van der Waals surface area contributed by atoms with Gasteiger partial charge >= 0.3 is 0 Å². The summed E-state index contributed by atoms with van der Waals surface area (Å²) in [6.07, 6.45) is 18.3. The Labute approximate surface area is 131 Å². The largest absolute Gasteiger partial charge is 0.272 e. The average Bonchev–Trinajstić information content (AvgIpc) is 3.12. The van der Waals surface area contributed by atoms with Gasteiger partial charge in [0.05, 0.1) is 0 Å². The van der Waals surface area contributed by atoms with E-state index in [-0.39, 0.29) is 0 Å². The van der Waals surface area contributed by atoms with Crippen LogP contribution in [0.2, 0.25) is 0 Å². The van der Waals surface area contributed by atoms with Gasteiger partial charge in [0.25, 0.3) is 0 Å². The van der Waals surface area contributed by atoms with Crippen molar-refractivity contribution in [2.24, 2.45) is 17.8 Å². The van der Waals surface area contributed by atoms with E-state index in [9.17, 15) is 0 Å². The van der Waals surface area contributed by atoms with Crippen LogP contribution in [0.4, 0.5) is 0 Å². The minimum atomic E-state index is 0.861. The molecule has 1 aliphatic carbocycles. The van der Waals surface area contributed by atoms with Gasteiger partial charge in [0.2, 0.25) is 0 Å². The number of hydrogen-bond donors (Lipinski definition) is 0. The third-order valence-corrected chi connectivity index (χ3v) is 5.40. The highest BCUT2D eigenvalue weighted by atomic mass is 15.3. The zero-order valence-electron chi connectivity index (χ0n) is 14.1. The lowest BCUT2D eigenvalue weighted by atomic mass is 9.89. The minimum absolute atomic E-state index is 0.861. The van der Waals surface area contributed by atoms with E-state index in [0.717, 1.165) is 24.3 Å². The van der Waals surface area contributed by atoms with Crippen molar-refractivity contribution in [3.63, 3.8) is 0 Å². The fourth-order valence-electron chi connectivity index (χ4n) is 4.20. The summed E-state index contributed by atoms with van der Waals surface area (Å²) in [5, 5.41) is 4.38. The molecule has 0 spiro atoms. The summed E-state index contributed by atoms with van der Waals surface area (Å²) >= 11 is 0. The number of unbranched alkanes of at least 4 members (excludes halogenated alkanes) is 5. The maximum Gasteiger partial charge on any atom is 0.0489 e. The van der Waals surface area contributed by atoms with Gasteiger partial charge in [-0.25, -0.2) is 0 Å². The third-order valence-electron chi connectivity index (χ3n) is 5.40. The van der Waals surface area contributed by atoms with Crippen molar-refractivity contribution in [3.05, 3.63) is 18.5 Å². The van der Waals surface area contributed by atoms with Gasteiger partial charge in [-0.2, -0.15) is 5.10 Å². The highest BCUT2D eigenvalue weighted by Gasteiger charge is 2.32. The van der Waals surface area contributed by atoms with Crippen LogP contribution in [-0.4, -0.2) is 9.78 Å². The molecule has 1 aromatic heterocycles. The third kappa shape index (κ3) is 5.48. The van der Waals surface area contributed by atoms with Gasteiger partial charge in [-0.3, -0.25) is 4.68 Å². The molecule has 120 valence electrons. The van der Waals surface area contributed by atoms with Gasteiger partial charge in [0, 0.05) is 18.9 Å². The quantitative estimate of drug-likeness (QED) is 0.506. The number of nitrogens with zero attached hydrogens (tertiary/aromatic N) is 2. The summed E-state index contributed by atoms with van der Waals surface area (Å²) in [5.41, 5.74) is 0. The molecule has 0 radical (unpaired) electrons. The zero-order valence-corrected chi connectivity index (χ0v) is 14.1. The van der Waals surface area contributed by atoms with E-state index in [1.165, 1.54) is 64.2 Å². The molecule has 1 heterocycles. The van der Waals surface area contributed by atoms with E-state index in [1.807, 2.05) is 12.3 Å². The second kappa shape index (κ2) is 9.27. The Balaban J connectivity index is 1.67. The van der Waals surface area contributed by atoms with Gasteiger partial charge in [0.15, 0.2) is 0 Å². The van der Waals surface area contributed by atoms with E-state index in [2.05, 4.69) is 29.8 Å². The Hall–Kier alpha value is -0.790. The molecule has 0 aromatic carbocycles. The molecule has 2 rings (SSSR count). The lowest BCUT2D eigenvalue weighted by Crippen LogP contribution is -2.08. The van der Waals surface area contributed by atoms with Crippen molar-refractivity contribution in [1.82, 2.24) is 9.78 Å². The number of rotatable bonds is 10. The van der Waals surface area contributed by atoms with Crippen molar-refractivity contribution in [2.75, 3.05) is 0 Å². The lowest BCUT2D eigenvalue weighted by Gasteiger charge is -2.17. The minimum Gasteiger partial charge on any atom is -0.272 e. The summed E-state index contributed by atoms with van der Waals surface area (Å²) in [6.45, 7) is 5.82. The van der Waals surface area contributed by atoms with Crippen LogP contribution in [0, 0.1) is 17.8 Å². The van der Waals surface area contributed by atoms with Crippen LogP contribution < -0.4 is 0 Å². The molecular formula is C19H34N2. The number of aromatic nitrogens is 2. The van der Waals surface area contributed by atoms with Crippen LogP contribution in [0.1, 0.15) is 78.1 Å². The maximum absolute atomic E-state index is 4.38. The zero-order chi connectivity index (χ0) is 14.9. The topological polar surface area (TPSA) is 17.8 Å². The van der Waals surface area contributed by atoms with Gasteiger partial charge in [-0.05, 0) is 36.7 Å². The molecule has 3 unspecified atom stereocenters. The van der Waals surface area contributed by atoms with Crippen LogP contribution in [0.5, 0.6) is 0 Å². The summed E-state index contributed by atoms with van der Waals surface area (Å²) < 4.78 is 2.13. The molecule has 1 fully saturated rings. The molecule has 0 bridgehead atoms. The van der Waals surface area contributed by atoms with E-state index in [0.29, 0.717) is 0 Å². The molecule has 1 aromatic rings. The predicted octanol–water partition coefficient (Wildman–Crippen LogP) is 5.69. The van der Waals surface area contributed by atoms with Crippen LogP contribution in [-0.2, 0) is 6.54 Å². The second-order valence-corrected chi connectivity index (χ2v) is 7.05. The SMILES string of the molecule is CCCCCCCCC1CC(Cn2cccn2)CC1CC. The fourth-order valence-corrected chi connectivity index (χ4v) is 4.20. The molecule has 0 saturated heterocycles. The van der Waals surface area contributed by atoms with Gasteiger partial charge in [-0.15, -0.1) is 0 Å². The van der Waals surface area contributed by atoms with Crippen LogP contribution >= 0.6 is 0 Å². The predicted molar refractivity (Wildman–Crippen MR) is 90.2 cm³/mol. The van der Waals surface area contributed by atoms with Crippen molar-refractivity contribution in [1.29, 1.82) is 0 Å². The highest BCUT2D eigenvalue weighted by molar-refractivity contribution is 4.85. The molecule has 2 heteroatoms. The van der Waals surface area contributed by atoms with Crippen LogP contribution in [0.3, 0.4) is 0 Å². The molecule has 2 nitrogen and oxygen atoms in total. The summed E-state index contributed by atoms with van der Waals surface area (Å²) in [7, 11) is 0. The first-order valence-corrected chi connectivity index (χ1v) is 9.30. The fraction of sp³-hybridized carbons (Fsp3) is 0.842. The molecule has 0 amide bonds. The summed E-state index contributed by atoms with van der Waals surface area (Å²) in [4.78, 5) is 0. The lowest BCUT2D eigenvalue weighted by molar-refractivity contribution is 0.341. The van der Waals surface area contributed by atoms with Crippen LogP contribution in [0.15, 0.2) is 18.5 Å². The first kappa shape index (κ1) is 16.6. The van der Waals surface area contributed by atoms with E-state index < -0.39 is 0 Å². The van der Waals surface area contributed by atoms with Gasteiger partial charge in [0.1, 0.15) is 0 Å². The average molecular weight is 290 g/mol. The highest BCUT2D eigenvalue weighted by Crippen LogP contribution is 2.41.